The first-order valence-corrected chi connectivity index (χ1v) is 9.36. The Labute approximate surface area is 156 Å². The highest BCUT2D eigenvalue weighted by molar-refractivity contribution is 5.91. The molecular weight excluding hydrogens is 356 g/mol. The van der Waals surface area contributed by atoms with Crippen molar-refractivity contribution >= 4 is 17.6 Å². The van der Waals surface area contributed by atoms with Crippen LogP contribution in [0.25, 0.3) is 0 Å². The van der Waals surface area contributed by atoms with Crippen molar-refractivity contribution in [3.8, 4) is 0 Å². The largest absolute Gasteiger partial charge is 0.381 e. The van der Waals surface area contributed by atoms with Gasteiger partial charge in [0, 0.05) is 43.8 Å². The van der Waals surface area contributed by atoms with Gasteiger partial charge in [-0.05, 0) is 37.8 Å². The minimum absolute atomic E-state index is 0.0216. The Morgan fingerprint density at radius 3 is 2.63 bits per heavy atom. The third-order valence-electron chi connectivity index (χ3n) is 5.83. The highest BCUT2D eigenvalue weighted by atomic mass is 19.1. The van der Waals surface area contributed by atoms with Crippen molar-refractivity contribution in [2.24, 2.45) is 11.3 Å². The fourth-order valence-electron chi connectivity index (χ4n) is 4.09. The van der Waals surface area contributed by atoms with Gasteiger partial charge in [0.1, 0.15) is 11.6 Å². The summed E-state index contributed by atoms with van der Waals surface area (Å²) in [5.74, 6) is -1.67. The third kappa shape index (κ3) is 3.76. The van der Waals surface area contributed by atoms with Crippen molar-refractivity contribution in [3.63, 3.8) is 0 Å². The molecule has 1 aromatic carbocycles. The van der Waals surface area contributed by atoms with Crippen LogP contribution in [0.5, 0.6) is 0 Å². The maximum absolute atomic E-state index is 13.8. The summed E-state index contributed by atoms with van der Waals surface area (Å²) in [5, 5.41) is 5.48. The van der Waals surface area contributed by atoms with Gasteiger partial charge in [0.15, 0.2) is 0 Å². The molecule has 2 heterocycles. The molecule has 2 N–H and O–H groups in total. The van der Waals surface area contributed by atoms with Crippen molar-refractivity contribution in [2.75, 3.05) is 31.6 Å². The van der Waals surface area contributed by atoms with Crippen molar-refractivity contribution in [1.29, 1.82) is 0 Å². The minimum atomic E-state index is -0.701. The van der Waals surface area contributed by atoms with E-state index in [-0.39, 0.29) is 35.5 Å². The molecule has 1 spiro atoms. The summed E-state index contributed by atoms with van der Waals surface area (Å²) in [6.45, 7) is 1.78. The monoisotopic (exact) mass is 379 g/mol. The number of carbonyl (C=O) groups excluding carboxylic acids is 2. The molecule has 2 saturated heterocycles. The van der Waals surface area contributed by atoms with E-state index in [2.05, 4.69) is 10.6 Å². The number of halogens is 2. The first-order valence-electron chi connectivity index (χ1n) is 9.36. The van der Waals surface area contributed by atoms with Crippen LogP contribution in [0.4, 0.5) is 19.3 Å². The molecule has 1 aliphatic carbocycles. The molecule has 8 heteroatoms. The number of benzene rings is 1. The molecule has 0 aromatic heterocycles. The number of likely N-dealkylation sites (tertiary alicyclic amines) is 1. The molecule has 27 heavy (non-hydrogen) atoms. The Hall–Kier alpha value is -2.22. The molecule has 1 atom stereocenters. The predicted octanol–water partition coefficient (Wildman–Crippen LogP) is 2.50. The van der Waals surface area contributed by atoms with Gasteiger partial charge in [-0.15, -0.1) is 0 Å². The average molecular weight is 379 g/mol. The van der Waals surface area contributed by atoms with Gasteiger partial charge in [0.05, 0.1) is 11.6 Å². The quantitative estimate of drug-likeness (QED) is 0.848. The molecule has 1 saturated carbocycles. The number of hydrogen-bond donors (Lipinski definition) is 2. The molecule has 0 unspecified atom stereocenters. The van der Waals surface area contributed by atoms with Gasteiger partial charge in [-0.25, -0.2) is 13.6 Å². The van der Waals surface area contributed by atoms with E-state index in [4.69, 9.17) is 4.74 Å². The minimum Gasteiger partial charge on any atom is -0.381 e. The van der Waals surface area contributed by atoms with Crippen LogP contribution in [0, 0.1) is 23.0 Å². The van der Waals surface area contributed by atoms with Gasteiger partial charge in [0.25, 0.3) is 0 Å². The van der Waals surface area contributed by atoms with Gasteiger partial charge >= 0.3 is 6.03 Å². The lowest BCUT2D eigenvalue weighted by Crippen LogP contribution is -2.45. The smallest absolute Gasteiger partial charge is 0.321 e. The normalized spacial score (nSPS) is 24.1. The van der Waals surface area contributed by atoms with E-state index >= 15 is 0 Å². The molecule has 3 fully saturated rings. The van der Waals surface area contributed by atoms with E-state index in [9.17, 15) is 18.4 Å². The maximum atomic E-state index is 13.8. The molecule has 3 aliphatic rings. The van der Waals surface area contributed by atoms with Crippen LogP contribution in [0.1, 0.15) is 25.7 Å². The number of rotatable bonds is 3. The second kappa shape index (κ2) is 7.07. The average Bonchev–Trinajstić information content (AvgIpc) is 3.39. The molecule has 1 aromatic rings. The number of nitrogens with one attached hydrogen (secondary N) is 2. The number of hydrogen-bond acceptors (Lipinski definition) is 3. The zero-order chi connectivity index (χ0) is 19.0. The Kier molecular flexibility index (Phi) is 4.75. The second-order valence-electron chi connectivity index (χ2n) is 7.75. The summed E-state index contributed by atoms with van der Waals surface area (Å²) in [7, 11) is 0. The standard InChI is InChI=1S/C19H23F2N3O3/c20-12-1-4-15(21)16(9-12)23-18(26)24-10-14(17(25)22-13-2-3-13)19(11-24)5-7-27-8-6-19/h1,4,9,13-14H,2-3,5-8,10-11H2,(H,22,25)(H,23,26)/t14-/m1/s1. The topological polar surface area (TPSA) is 70.7 Å². The van der Waals surface area contributed by atoms with E-state index < -0.39 is 17.7 Å². The van der Waals surface area contributed by atoms with Gasteiger partial charge in [-0.1, -0.05) is 0 Å². The Bertz CT molecular complexity index is 748. The van der Waals surface area contributed by atoms with Gasteiger partial charge in [-0.3, -0.25) is 4.79 Å². The third-order valence-corrected chi connectivity index (χ3v) is 5.83. The van der Waals surface area contributed by atoms with E-state index in [0.29, 0.717) is 32.6 Å². The lowest BCUT2D eigenvalue weighted by molar-refractivity contribution is -0.130. The van der Waals surface area contributed by atoms with E-state index in [1.807, 2.05) is 0 Å². The molecule has 0 radical (unpaired) electrons. The fraction of sp³-hybridized carbons (Fsp3) is 0.579. The summed E-state index contributed by atoms with van der Waals surface area (Å²) in [4.78, 5) is 27.0. The number of anilines is 1. The summed E-state index contributed by atoms with van der Waals surface area (Å²) in [6, 6.07) is 2.65. The van der Waals surface area contributed by atoms with Crippen LogP contribution in [0.15, 0.2) is 18.2 Å². The molecule has 3 amide bonds. The van der Waals surface area contributed by atoms with E-state index in [1.54, 1.807) is 0 Å². The number of amides is 3. The summed E-state index contributed by atoms with van der Waals surface area (Å²) in [5.41, 5.74) is -0.526. The molecule has 4 rings (SSSR count). The predicted molar refractivity (Wildman–Crippen MR) is 94.1 cm³/mol. The molecule has 0 bridgehead atoms. The molecule has 6 nitrogen and oxygen atoms in total. The fourth-order valence-corrected chi connectivity index (χ4v) is 4.09. The Morgan fingerprint density at radius 2 is 1.93 bits per heavy atom. The highest BCUT2D eigenvalue weighted by Gasteiger charge is 2.52. The van der Waals surface area contributed by atoms with E-state index in [1.165, 1.54) is 4.90 Å². The van der Waals surface area contributed by atoms with Crippen LogP contribution in [0.2, 0.25) is 0 Å². The van der Waals surface area contributed by atoms with Crippen LogP contribution in [0.3, 0.4) is 0 Å². The zero-order valence-electron chi connectivity index (χ0n) is 15.0. The number of carbonyl (C=O) groups is 2. The highest BCUT2D eigenvalue weighted by Crippen LogP contribution is 2.45. The van der Waals surface area contributed by atoms with Crippen molar-refractivity contribution in [1.82, 2.24) is 10.2 Å². The maximum Gasteiger partial charge on any atom is 0.321 e. The lowest BCUT2D eigenvalue weighted by Gasteiger charge is -2.37. The molecule has 2 aliphatic heterocycles. The van der Waals surface area contributed by atoms with Gasteiger partial charge in [-0.2, -0.15) is 0 Å². The van der Waals surface area contributed by atoms with Crippen LogP contribution in [-0.4, -0.2) is 49.2 Å². The zero-order valence-corrected chi connectivity index (χ0v) is 15.0. The summed E-state index contributed by atoms with van der Waals surface area (Å²) in [6.07, 6.45) is 3.40. The van der Waals surface area contributed by atoms with Crippen molar-refractivity contribution < 1.29 is 23.1 Å². The van der Waals surface area contributed by atoms with Crippen LogP contribution < -0.4 is 10.6 Å². The number of urea groups is 1. The first kappa shape index (κ1) is 18.2. The second-order valence-corrected chi connectivity index (χ2v) is 7.75. The summed E-state index contributed by atoms with van der Waals surface area (Å²) >= 11 is 0. The Morgan fingerprint density at radius 1 is 1.19 bits per heavy atom. The van der Waals surface area contributed by atoms with Crippen molar-refractivity contribution in [3.05, 3.63) is 29.8 Å². The molecular formula is C19H23F2N3O3. The SMILES string of the molecule is O=C(NC1CC1)[C@H]1CN(C(=O)Nc2cc(F)ccc2F)CC12CCOCC2. The van der Waals surface area contributed by atoms with Crippen LogP contribution in [-0.2, 0) is 9.53 Å². The number of nitrogens with zero attached hydrogens (tertiary/aromatic N) is 1. The first-order chi connectivity index (χ1) is 13.0. The number of ether oxygens (including phenoxy) is 1. The Balaban J connectivity index is 1.50. The van der Waals surface area contributed by atoms with Crippen molar-refractivity contribution in [2.45, 2.75) is 31.7 Å². The van der Waals surface area contributed by atoms with Gasteiger partial charge in [0.2, 0.25) is 5.91 Å². The lowest BCUT2D eigenvalue weighted by atomic mass is 9.71. The van der Waals surface area contributed by atoms with Crippen LogP contribution >= 0.6 is 0 Å². The molecule has 146 valence electrons. The van der Waals surface area contributed by atoms with Gasteiger partial charge < -0.3 is 20.3 Å². The van der Waals surface area contributed by atoms with E-state index in [0.717, 1.165) is 31.0 Å². The summed E-state index contributed by atoms with van der Waals surface area (Å²) < 4.78 is 32.7.